The van der Waals surface area contributed by atoms with Crippen LogP contribution in [0.15, 0.2) is 18.3 Å². The number of hydrogen-bond donors (Lipinski definition) is 1. The van der Waals surface area contributed by atoms with E-state index in [-0.39, 0.29) is 5.92 Å². The molecule has 86 valence electrons. The molecule has 1 heterocycles. The second-order valence-corrected chi connectivity index (χ2v) is 4.03. The SMILES string of the molecule is CNc1cc(CN(C)CC(C)C#N)ccn1. The third kappa shape index (κ3) is 3.87. The Morgan fingerprint density at radius 2 is 2.38 bits per heavy atom. The fraction of sp³-hybridized carbons (Fsp3) is 0.500. The van der Waals surface area contributed by atoms with Gasteiger partial charge in [-0.3, -0.25) is 0 Å². The van der Waals surface area contributed by atoms with Gasteiger partial charge in [0.1, 0.15) is 5.82 Å². The van der Waals surface area contributed by atoms with Crippen molar-refractivity contribution in [2.75, 3.05) is 26.0 Å². The predicted molar refractivity (Wildman–Crippen MR) is 64.9 cm³/mol. The van der Waals surface area contributed by atoms with Gasteiger partial charge in [0.2, 0.25) is 0 Å². The summed E-state index contributed by atoms with van der Waals surface area (Å²) in [5.74, 6) is 0.940. The molecule has 4 heteroatoms. The number of hydrogen-bond acceptors (Lipinski definition) is 4. The second-order valence-electron chi connectivity index (χ2n) is 4.03. The zero-order valence-corrected chi connectivity index (χ0v) is 10.1. The van der Waals surface area contributed by atoms with E-state index in [2.05, 4.69) is 21.3 Å². The monoisotopic (exact) mass is 218 g/mol. The minimum absolute atomic E-state index is 0.0654. The minimum Gasteiger partial charge on any atom is -0.373 e. The summed E-state index contributed by atoms with van der Waals surface area (Å²) in [6.07, 6.45) is 1.79. The molecule has 16 heavy (non-hydrogen) atoms. The van der Waals surface area contributed by atoms with Crippen LogP contribution < -0.4 is 5.32 Å². The molecule has 1 aromatic heterocycles. The van der Waals surface area contributed by atoms with E-state index < -0.39 is 0 Å². The van der Waals surface area contributed by atoms with E-state index >= 15 is 0 Å². The summed E-state index contributed by atoms with van der Waals surface area (Å²) in [6.45, 7) is 3.55. The molecular formula is C12H18N4. The Bertz CT molecular complexity index is 370. The van der Waals surface area contributed by atoms with Crippen molar-refractivity contribution in [3.8, 4) is 6.07 Å². The van der Waals surface area contributed by atoms with Crippen molar-refractivity contribution in [3.63, 3.8) is 0 Å². The van der Waals surface area contributed by atoms with Crippen molar-refractivity contribution in [1.29, 1.82) is 5.26 Å². The van der Waals surface area contributed by atoms with Crippen LogP contribution in [0.4, 0.5) is 5.82 Å². The largest absolute Gasteiger partial charge is 0.373 e. The number of aromatic nitrogens is 1. The lowest BCUT2D eigenvalue weighted by Gasteiger charge is -2.17. The first kappa shape index (κ1) is 12.5. The van der Waals surface area contributed by atoms with Crippen LogP contribution in [0.1, 0.15) is 12.5 Å². The minimum atomic E-state index is 0.0654. The molecule has 0 fully saturated rings. The highest BCUT2D eigenvalue weighted by Gasteiger charge is 2.06. The summed E-state index contributed by atoms with van der Waals surface area (Å²) in [5, 5.41) is 11.7. The molecule has 1 unspecified atom stereocenters. The highest BCUT2D eigenvalue weighted by atomic mass is 15.1. The fourth-order valence-electron chi connectivity index (χ4n) is 1.59. The number of rotatable bonds is 5. The number of pyridine rings is 1. The molecule has 0 spiro atoms. The molecule has 0 aliphatic rings. The zero-order valence-electron chi connectivity index (χ0n) is 10.1. The first-order chi connectivity index (χ1) is 7.65. The van der Waals surface area contributed by atoms with Crippen LogP contribution in [0.25, 0.3) is 0 Å². The van der Waals surface area contributed by atoms with E-state index in [4.69, 9.17) is 5.26 Å². The van der Waals surface area contributed by atoms with Crippen molar-refractivity contribution in [1.82, 2.24) is 9.88 Å². The van der Waals surface area contributed by atoms with Gasteiger partial charge in [-0.2, -0.15) is 5.26 Å². The lowest BCUT2D eigenvalue weighted by atomic mass is 10.2. The summed E-state index contributed by atoms with van der Waals surface area (Å²) >= 11 is 0. The van der Waals surface area contributed by atoms with Crippen LogP contribution in [0.5, 0.6) is 0 Å². The van der Waals surface area contributed by atoms with Crippen LogP contribution in [-0.2, 0) is 6.54 Å². The van der Waals surface area contributed by atoms with Gasteiger partial charge in [-0.05, 0) is 31.7 Å². The maximum absolute atomic E-state index is 8.74. The summed E-state index contributed by atoms with van der Waals surface area (Å²) in [4.78, 5) is 6.30. The third-order valence-electron chi connectivity index (χ3n) is 2.34. The summed E-state index contributed by atoms with van der Waals surface area (Å²) < 4.78 is 0. The van der Waals surface area contributed by atoms with Gasteiger partial charge in [0.05, 0.1) is 12.0 Å². The van der Waals surface area contributed by atoms with E-state index in [1.807, 2.05) is 33.2 Å². The van der Waals surface area contributed by atoms with Crippen molar-refractivity contribution in [3.05, 3.63) is 23.9 Å². The van der Waals surface area contributed by atoms with Gasteiger partial charge in [-0.15, -0.1) is 0 Å². The van der Waals surface area contributed by atoms with Crippen LogP contribution in [0.2, 0.25) is 0 Å². The summed E-state index contributed by atoms with van der Waals surface area (Å²) in [6, 6.07) is 6.25. The normalized spacial score (nSPS) is 12.2. The average molecular weight is 218 g/mol. The van der Waals surface area contributed by atoms with Crippen LogP contribution in [0.3, 0.4) is 0 Å². The van der Waals surface area contributed by atoms with Crippen LogP contribution in [0, 0.1) is 17.2 Å². The molecule has 0 radical (unpaired) electrons. The Kier molecular flexibility index (Phi) is 4.74. The van der Waals surface area contributed by atoms with E-state index in [0.717, 1.165) is 18.9 Å². The Hall–Kier alpha value is -1.60. The van der Waals surface area contributed by atoms with Gasteiger partial charge in [0.25, 0.3) is 0 Å². The van der Waals surface area contributed by atoms with Crippen molar-refractivity contribution in [2.24, 2.45) is 5.92 Å². The smallest absolute Gasteiger partial charge is 0.125 e. The Balaban J connectivity index is 2.56. The molecule has 4 nitrogen and oxygen atoms in total. The van der Waals surface area contributed by atoms with Crippen LogP contribution in [-0.4, -0.2) is 30.5 Å². The van der Waals surface area contributed by atoms with E-state index in [9.17, 15) is 0 Å². The zero-order chi connectivity index (χ0) is 12.0. The Morgan fingerprint density at radius 3 is 3.00 bits per heavy atom. The number of nitrogens with zero attached hydrogens (tertiary/aromatic N) is 3. The van der Waals surface area contributed by atoms with Gasteiger partial charge in [-0.1, -0.05) is 0 Å². The number of nitriles is 1. The number of anilines is 1. The van der Waals surface area contributed by atoms with Crippen molar-refractivity contribution < 1.29 is 0 Å². The van der Waals surface area contributed by atoms with Crippen molar-refractivity contribution in [2.45, 2.75) is 13.5 Å². The van der Waals surface area contributed by atoms with Gasteiger partial charge in [0.15, 0.2) is 0 Å². The maximum Gasteiger partial charge on any atom is 0.125 e. The lowest BCUT2D eigenvalue weighted by molar-refractivity contribution is 0.303. The first-order valence-corrected chi connectivity index (χ1v) is 5.36. The predicted octanol–water partition coefficient (Wildman–Crippen LogP) is 1.71. The molecule has 0 amide bonds. The standard InChI is InChI=1S/C12H18N4/c1-10(7-13)8-16(3)9-11-4-5-15-12(6-11)14-2/h4-6,10H,8-9H2,1-3H3,(H,14,15). The van der Waals surface area contributed by atoms with E-state index in [0.29, 0.717) is 0 Å². The quantitative estimate of drug-likeness (QED) is 0.817. The van der Waals surface area contributed by atoms with Gasteiger partial charge < -0.3 is 10.2 Å². The molecule has 0 aliphatic heterocycles. The van der Waals surface area contributed by atoms with Gasteiger partial charge >= 0.3 is 0 Å². The molecule has 0 aliphatic carbocycles. The first-order valence-electron chi connectivity index (χ1n) is 5.36. The highest BCUT2D eigenvalue weighted by Crippen LogP contribution is 2.09. The summed E-state index contributed by atoms with van der Waals surface area (Å²) in [5.41, 5.74) is 1.20. The maximum atomic E-state index is 8.74. The van der Waals surface area contributed by atoms with E-state index in [1.165, 1.54) is 5.56 Å². The highest BCUT2D eigenvalue weighted by molar-refractivity contribution is 5.36. The molecule has 0 bridgehead atoms. The number of nitrogens with one attached hydrogen (secondary N) is 1. The molecule has 1 rings (SSSR count). The molecule has 0 aromatic carbocycles. The molecule has 0 saturated carbocycles. The molecule has 0 saturated heterocycles. The lowest BCUT2D eigenvalue weighted by Crippen LogP contribution is -2.23. The molecule has 1 aromatic rings. The molecular weight excluding hydrogens is 200 g/mol. The topological polar surface area (TPSA) is 52.0 Å². The molecule has 1 N–H and O–H groups in total. The average Bonchev–Trinajstić information content (AvgIpc) is 2.28. The Morgan fingerprint density at radius 1 is 1.62 bits per heavy atom. The van der Waals surface area contributed by atoms with Gasteiger partial charge in [0, 0.05) is 26.3 Å². The molecule has 1 atom stereocenters. The van der Waals surface area contributed by atoms with Gasteiger partial charge in [-0.25, -0.2) is 4.98 Å². The second kappa shape index (κ2) is 6.09. The van der Waals surface area contributed by atoms with Crippen LogP contribution >= 0.6 is 0 Å². The third-order valence-corrected chi connectivity index (χ3v) is 2.34. The fourth-order valence-corrected chi connectivity index (χ4v) is 1.59. The Labute approximate surface area is 96.9 Å². The van der Waals surface area contributed by atoms with Crippen molar-refractivity contribution >= 4 is 5.82 Å². The van der Waals surface area contributed by atoms with E-state index in [1.54, 1.807) is 6.20 Å². The summed E-state index contributed by atoms with van der Waals surface area (Å²) in [7, 11) is 3.88.